The molecule has 2 aromatic rings. The van der Waals surface area contributed by atoms with Gasteiger partial charge in [-0.05, 0) is 35.9 Å². The van der Waals surface area contributed by atoms with E-state index in [4.69, 9.17) is 23.2 Å². The number of hydrogen-bond acceptors (Lipinski definition) is 6. The van der Waals surface area contributed by atoms with E-state index in [9.17, 15) is 18.8 Å². The number of thioether (sulfide) groups is 1. The number of carbonyl (C=O) groups is 3. The van der Waals surface area contributed by atoms with Crippen molar-refractivity contribution in [3.63, 3.8) is 0 Å². The molecule has 0 saturated carbocycles. The van der Waals surface area contributed by atoms with Crippen LogP contribution in [0.1, 0.15) is 5.56 Å². The molecule has 11 heteroatoms. The van der Waals surface area contributed by atoms with Gasteiger partial charge in [-0.25, -0.2) is 9.38 Å². The van der Waals surface area contributed by atoms with Crippen LogP contribution in [-0.4, -0.2) is 42.4 Å². The van der Waals surface area contributed by atoms with Gasteiger partial charge < -0.3 is 10.1 Å². The molecule has 3 rings (SSSR count). The van der Waals surface area contributed by atoms with Gasteiger partial charge in [0, 0.05) is 0 Å². The van der Waals surface area contributed by atoms with Crippen LogP contribution in [0.5, 0.6) is 0 Å². The topological polar surface area (TPSA) is 88.1 Å². The first-order valence-electron chi connectivity index (χ1n) is 9.11. The Hall–Kier alpha value is -2.88. The van der Waals surface area contributed by atoms with Crippen molar-refractivity contribution in [1.82, 2.24) is 5.32 Å². The Morgan fingerprint density at radius 2 is 1.97 bits per heavy atom. The lowest BCUT2D eigenvalue weighted by Crippen LogP contribution is -2.34. The summed E-state index contributed by atoms with van der Waals surface area (Å²) in [5, 5.41) is 3.16. The summed E-state index contributed by atoms with van der Waals surface area (Å²) in [6.45, 7) is -0.291. The third kappa shape index (κ3) is 5.67. The van der Waals surface area contributed by atoms with Gasteiger partial charge in [-0.15, -0.1) is 0 Å². The SMILES string of the molecule is COC(=O)CNC(=O)CSC1=N/C(=C\c2ccc(Cl)c(Cl)c2)C(=O)N1c1ccccc1F. The molecule has 2 aromatic carbocycles. The van der Waals surface area contributed by atoms with Crippen molar-refractivity contribution in [3.05, 3.63) is 69.6 Å². The van der Waals surface area contributed by atoms with Crippen molar-refractivity contribution < 1.29 is 23.5 Å². The van der Waals surface area contributed by atoms with Crippen LogP contribution >= 0.6 is 35.0 Å². The van der Waals surface area contributed by atoms with E-state index < -0.39 is 23.6 Å². The van der Waals surface area contributed by atoms with Crippen LogP contribution in [-0.2, 0) is 19.1 Å². The molecular formula is C21H16Cl2FN3O4S. The predicted molar refractivity (Wildman–Crippen MR) is 123 cm³/mol. The highest BCUT2D eigenvalue weighted by atomic mass is 35.5. The molecule has 1 aliphatic heterocycles. The number of halogens is 3. The fourth-order valence-corrected chi connectivity index (χ4v) is 3.76. The summed E-state index contributed by atoms with van der Waals surface area (Å²) in [6, 6.07) is 10.5. The van der Waals surface area contributed by atoms with Crippen molar-refractivity contribution in [2.24, 2.45) is 4.99 Å². The Kier molecular flexibility index (Phi) is 7.89. The molecule has 32 heavy (non-hydrogen) atoms. The highest BCUT2D eigenvalue weighted by molar-refractivity contribution is 8.14. The Balaban J connectivity index is 1.87. The molecule has 0 spiro atoms. The number of rotatable bonds is 6. The number of methoxy groups -OCH3 is 1. The smallest absolute Gasteiger partial charge is 0.325 e. The number of carbonyl (C=O) groups excluding carboxylic acids is 3. The fraction of sp³-hybridized carbons (Fsp3) is 0.143. The van der Waals surface area contributed by atoms with Gasteiger partial charge in [0.1, 0.15) is 18.1 Å². The van der Waals surface area contributed by atoms with E-state index in [0.717, 1.165) is 16.7 Å². The second kappa shape index (κ2) is 10.6. The van der Waals surface area contributed by atoms with Crippen LogP contribution in [0, 0.1) is 5.82 Å². The molecule has 0 aliphatic carbocycles. The molecule has 0 radical (unpaired) electrons. The minimum atomic E-state index is -0.625. The predicted octanol–water partition coefficient (Wildman–Crippen LogP) is 3.90. The fourth-order valence-electron chi connectivity index (χ4n) is 2.62. The lowest BCUT2D eigenvalue weighted by atomic mass is 10.2. The Bertz CT molecular complexity index is 1140. The third-order valence-corrected chi connectivity index (χ3v) is 5.84. The van der Waals surface area contributed by atoms with E-state index in [2.05, 4.69) is 15.0 Å². The monoisotopic (exact) mass is 495 g/mol. The highest BCUT2D eigenvalue weighted by Gasteiger charge is 2.34. The average Bonchev–Trinajstić information content (AvgIpc) is 3.08. The molecule has 0 unspecified atom stereocenters. The second-order valence-electron chi connectivity index (χ2n) is 6.33. The number of esters is 1. The van der Waals surface area contributed by atoms with Crippen LogP contribution in [0.2, 0.25) is 10.0 Å². The highest BCUT2D eigenvalue weighted by Crippen LogP contribution is 2.31. The summed E-state index contributed by atoms with van der Waals surface area (Å²) in [4.78, 5) is 41.7. The number of nitrogens with one attached hydrogen (secondary N) is 1. The zero-order chi connectivity index (χ0) is 23.3. The first-order valence-corrected chi connectivity index (χ1v) is 10.8. The molecular weight excluding hydrogens is 480 g/mol. The molecule has 0 bridgehead atoms. The van der Waals surface area contributed by atoms with Crippen molar-refractivity contribution in [2.45, 2.75) is 0 Å². The number of anilines is 1. The maximum absolute atomic E-state index is 14.4. The minimum absolute atomic E-state index is 0.00347. The maximum atomic E-state index is 14.4. The van der Waals surface area contributed by atoms with E-state index >= 15 is 0 Å². The van der Waals surface area contributed by atoms with E-state index in [1.165, 1.54) is 31.4 Å². The second-order valence-corrected chi connectivity index (χ2v) is 8.09. The van der Waals surface area contributed by atoms with E-state index in [1.807, 2.05) is 0 Å². The molecule has 7 nitrogen and oxygen atoms in total. The Morgan fingerprint density at radius 1 is 1.22 bits per heavy atom. The molecule has 2 amide bonds. The third-order valence-electron chi connectivity index (χ3n) is 4.16. The molecule has 1 heterocycles. The average molecular weight is 496 g/mol. The lowest BCUT2D eigenvalue weighted by Gasteiger charge is -2.18. The Morgan fingerprint density at radius 3 is 2.66 bits per heavy atom. The van der Waals surface area contributed by atoms with Gasteiger partial charge in [-0.3, -0.25) is 19.3 Å². The zero-order valence-corrected chi connectivity index (χ0v) is 18.9. The van der Waals surface area contributed by atoms with Gasteiger partial charge in [0.15, 0.2) is 5.17 Å². The molecule has 0 atom stereocenters. The van der Waals surface area contributed by atoms with Crippen LogP contribution in [0.15, 0.2) is 53.2 Å². The van der Waals surface area contributed by atoms with E-state index in [0.29, 0.717) is 15.6 Å². The minimum Gasteiger partial charge on any atom is -0.468 e. The van der Waals surface area contributed by atoms with Gasteiger partial charge in [0.2, 0.25) is 5.91 Å². The molecule has 1 aliphatic rings. The first-order chi connectivity index (χ1) is 15.3. The number of ether oxygens (including phenoxy) is 1. The largest absolute Gasteiger partial charge is 0.468 e. The van der Waals surface area contributed by atoms with Crippen molar-refractivity contribution in [1.29, 1.82) is 0 Å². The number of hydrogen-bond donors (Lipinski definition) is 1. The van der Waals surface area contributed by atoms with Gasteiger partial charge in [-0.2, -0.15) is 0 Å². The molecule has 0 saturated heterocycles. The molecule has 0 aromatic heterocycles. The van der Waals surface area contributed by atoms with E-state index in [-0.39, 0.29) is 28.8 Å². The van der Waals surface area contributed by atoms with Crippen molar-refractivity contribution in [3.8, 4) is 0 Å². The summed E-state index contributed by atoms with van der Waals surface area (Å²) >= 11 is 12.9. The van der Waals surface area contributed by atoms with Crippen LogP contribution < -0.4 is 10.2 Å². The summed E-state index contributed by atoms with van der Waals surface area (Å²) in [5.74, 6) is -2.44. The summed E-state index contributed by atoms with van der Waals surface area (Å²) < 4.78 is 18.9. The Labute approximate surface area is 197 Å². The summed E-state index contributed by atoms with van der Waals surface area (Å²) in [5.41, 5.74) is 0.599. The quantitative estimate of drug-likeness (QED) is 0.484. The molecule has 0 fully saturated rings. The number of amides is 2. The zero-order valence-electron chi connectivity index (χ0n) is 16.6. The van der Waals surface area contributed by atoms with Crippen LogP contribution in [0.25, 0.3) is 6.08 Å². The number of benzene rings is 2. The van der Waals surface area contributed by atoms with Gasteiger partial charge in [0.25, 0.3) is 5.91 Å². The number of nitrogens with zero attached hydrogens (tertiary/aromatic N) is 2. The number of amidine groups is 1. The van der Waals surface area contributed by atoms with Gasteiger partial charge >= 0.3 is 5.97 Å². The lowest BCUT2D eigenvalue weighted by molar-refractivity contribution is -0.140. The van der Waals surface area contributed by atoms with Crippen molar-refractivity contribution >= 4 is 69.7 Å². The van der Waals surface area contributed by atoms with Gasteiger partial charge in [-0.1, -0.05) is 53.2 Å². The number of para-hydroxylation sites is 1. The van der Waals surface area contributed by atoms with Crippen LogP contribution in [0.3, 0.4) is 0 Å². The maximum Gasteiger partial charge on any atom is 0.325 e. The number of aliphatic imine (C=N–C) groups is 1. The summed E-state index contributed by atoms with van der Waals surface area (Å²) in [6.07, 6.45) is 1.49. The van der Waals surface area contributed by atoms with Gasteiger partial charge in [0.05, 0.1) is 28.6 Å². The van der Waals surface area contributed by atoms with E-state index in [1.54, 1.807) is 24.3 Å². The normalized spacial score (nSPS) is 14.5. The first kappa shape index (κ1) is 23.8. The standard InChI is InChI=1S/C21H16Cl2FN3O4S/c1-31-19(29)10-25-18(28)11-32-21-26-16(9-12-6-7-13(22)14(23)8-12)20(30)27(21)17-5-3-2-4-15(17)24/h2-9H,10-11H2,1H3,(H,25,28)/b16-9-. The van der Waals surface area contributed by atoms with Crippen LogP contribution in [0.4, 0.5) is 10.1 Å². The molecule has 1 N–H and O–H groups in total. The summed E-state index contributed by atoms with van der Waals surface area (Å²) in [7, 11) is 1.20. The van der Waals surface area contributed by atoms with Crippen molar-refractivity contribution in [2.75, 3.05) is 24.3 Å². The molecule has 166 valence electrons.